The van der Waals surface area contributed by atoms with E-state index in [4.69, 9.17) is 0 Å². The van der Waals surface area contributed by atoms with Crippen LogP contribution in [-0.4, -0.2) is 51.8 Å². The van der Waals surface area contributed by atoms with Gasteiger partial charge >= 0.3 is 6.18 Å². The molecular formula is C21H31F3N2O2S. The summed E-state index contributed by atoms with van der Waals surface area (Å²) in [7, 11) is -3.56. The van der Waals surface area contributed by atoms with Crippen LogP contribution in [0.3, 0.4) is 0 Å². The molecule has 29 heavy (non-hydrogen) atoms. The van der Waals surface area contributed by atoms with E-state index in [1.54, 1.807) is 4.90 Å². The molecular weight excluding hydrogens is 401 g/mol. The average molecular weight is 433 g/mol. The van der Waals surface area contributed by atoms with E-state index in [1.165, 1.54) is 25.8 Å². The summed E-state index contributed by atoms with van der Waals surface area (Å²) in [6, 6.07) is 3.21. The molecule has 3 rings (SSSR count). The third-order valence-corrected chi connectivity index (χ3v) is 8.09. The number of piperidine rings is 2. The van der Waals surface area contributed by atoms with Gasteiger partial charge in [-0.05, 0) is 68.8 Å². The number of likely N-dealkylation sites (tertiary alicyclic amines) is 1. The molecule has 2 fully saturated rings. The molecule has 4 nitrogen and oxygen atoms in total. The lowest BCUT2D eigenvalue weighted by Gasteiger charge is -2.38. The van der Waals surface area contributed by atoms with Crippen molar-refractivity contribution in [3.8, 4) is 0 Å². The van der Waals surface area contributed by atoms with Gasteiger partial charge in [0.2, 0.25) is 0 Å². The van der Waals surface area contributed by atoms with Gasteiger partial charge < -0.3 is 9.80 Å². The Balaban J connectivity index is 1.72. The first-order valence-electron chi connectivity index (χ1n) is 10.5. The Morgan fingerprint density at radius 2 is 1.66 bits per heavy atom. The molecule has 0 bridgehead atoms. The van der Waals surface area contributed by atoms with E-state index in [0.29, 0.717) is 19.0 Å². The van der Waals surface area contributed by atoms with Crippen LogP contribution in [0.15, 0.2) is 23.1 Å². The van der Waals surface area contributed by atoms with E-state index in [9.17, 15) is 21.6 Å². The first kappa shape index (κ1) is 22.4. The second kappa shape index (κ2) is 8.84. The van der Waals surface area contributed by atoms with Crippen molar-refractivity contribution in [1.29, 1.82) is 0 Å². The standard InChI is InChI=1S/C21H31F3N2O2S/c1-3-29(27,28)18-4-5-19(21(22,23)24)20(14-18)26-12-8-17(9-13-26)15-25-10-6-16(2)7-11-25/h4-5,14,16-17H,3,6-13,15H2,1-2H3. The molecule has 2 saturated heterocycles. The number of sulfone groups is 1. The Kier molecular flexibility index (Phi) is 6.83. The van der Waals surface area contributed by atoms with E-state index in [2.05, 4.69) is 11.8 Å². The highest BCUT2D eigenvalue weighted by Gasteiger charge is 2.36. The lowest BCUT2D eigenvalue weighted by atomic mass is 9.93. The maximum absolute atomic E-state index is 13.5. The quantitative estimate of drug-likeness (QED) is 0.689. The molecule has 0 atom stereocenters. The Morgan fingerprint density at radius 3 is 2.21 bits per heavy atom. The molecule has 164 valence electrons. The van der Waals surface area contributed by atoms with Gasteiger partial charge in [-0.3, -0.25) is 0 Å². The van der Waals surface area contributed by atoms with E-state index in [-0.39, 0.29) is 16.3 Å². The highest BCUT2D eigenvalue weighted by molar-refractivity contribution is 7.91. The smallest absolute Gasteiger partial charge is 0.371 e. The van der Waals surface area contributed by atoms with E-state index >= 15 is 0 Å². The monoisotopic (exact) mass is 432 g/mol. The summed E-state index contributed by atoms with van der Waals surface area (Å²) in [5.41, 5.74) is -0.756. The molecule has 1 aromatic carbocycles. The maximum atomic E-state index is 13.5. The molecule has 0 spiro atoms. The van der Waals surface area contributed by atoms with Gasteiger partial charge in [-0.2, -0.15) is 13.2 Å². The zero-order chi connectivity index (χ0) is 21.2. The zero-order valence-electron chi connectivity index (χ0n) is 17.2. The van der Waals surface area contributed by atoms with Crippen molar-refractivity contribution in [3.63, 3.8) is 0 Å². The van der Waals surface area contributed by atoms with Crippen molar-refractivity contribution < 1.29 is 21.6 Å². The number of anilines is 1. The largest absolute Gasteiger partial charge is 0.418 e. The maximum Gasteiger partial charge on any atom is 0.418 e. The minimum Gasteiger partial charge on any atom is -0.371 e. The van der Waals surface area contributed by atoms with Crippen LogP contribution in [0.2, 0.25) is 0 Å². The highest BCUT2D eigenvalue weighted by Crippen LogP contribution is 2.39. The first-order chi connectivity index (χ1) is 13.6. The molecule has 1 aromatic rings. The van der Waals surface area contributed by atoms with Crippen molar-refractivity contribution in [1.82, 2.24) is 4.90 Å². The minimum atomic E-state index is -4.51. The van der Waals surface area contributed by atoms with Crippen molar-refractivity contribution in [2.45, 2.75) is 50.6 Å². The number of halogens is 3. The fourth-order valence-electron chi connectivity index (χ4n) is 4.34. The second-order valence-electron chi connectivity index (χ2n) is 8.49. The number of hydrogen-bond acceptors (Lipinski definition) is 4. The Hall–Kier alpha value is -1.28. The average Bonchev–Trinajstić information content (AvgIpc) is 2.69. The van der Waals surface area contributed by atoms with Gasteiger partial charge in [-0.15, -0.1) is 0 Å². The number of benzene rings is 1. The SMILES string of the molecule is CCS(=O)(=O)c1ccc(C(F)(F)F)c(N2CCC(CN3CCC(C)CC3)CC2)c1. The second-order valence-corrected chi connectivity index (χ2v) is 10.8. The molecule has 8 heteroatoms. The van der Waals surface area contributed by atoms with E-state index in [1.807, 2.05) is 0 Å². The van der Waals surface area contributed by atoms with Crippen LogP contribution >= 0.6 is 0 Å². The topological polar surface area (TPSA) is 40.6 Å². The lowest BCUT2D eigenvalue weighted by molar-refractivity contribution is -0.137. The van der Waals surface area contributed by atoms with Crippen molar-refractivity contribution in [3.05, 3.63) is 23.8 Å². The molecule has 0 saturated carbocycles. The predicted molar refractivity (Wildman–Crippen MR) is 109 cm³/mol. The molecule has 0 aliphatic carbocycles. The van der Waals surface area contributed by atoms with Gasteiger partial charge in [0.25, 0.3) is 0 Å². The summed E-state index contributed by atoms with van der Waals surface area (Å²) >= 11 is 0. The first-order valence-corrected chi connectivity index (χ1v) is 12.2. The molecule has 2 aliphatic rings. The number of rotatable bonds is 5. The Bertz CT molecular complexity index is 795. The van der Waals surface area contributed by atoms with Gasteiger partial charge in [-0.25, -0.2) is 8.42 Å². The van der Waals surface area contributed by atoms with Crippen molar-refractivity contribution in [2.75, 3.05) is 43.4 Å². The molecule has 2 aliphatic heterocycles. The van der Waals surface area contributed by atoms with E-state index in [0.717, 1.165) is 50.5 Å². The molecule has 2 heterocycles. The third-order valence-electron chi connectivity index (χ3n) is 6.36. The van der Waals surface area contributed by atoms with Gasteiger partial charge in [-0.1, -0.05) is 13.8 Å². The zero-order valence-corrected chi connectivity index (χ0v) is 18.0. The molecule has 0 aromatic heterocycles. The number of hydrogen-bond donors (Lipinski definition) is 0. The van der Waals surface area contributed by atoms with Crippen LogP contribution < -0.4 is 4.90 Å². The third kappa shape index (κ3) is 5.45. The summed E-state index contributed by atoms with van der Waals surface area (Å²) < 4.78 is 65.0. The molecule has 0 amide bonds. The Labute approximate surface area is 172 Å². The lowest BCUT2D eigenvalue weighted by Crippen LogP contribution is -2.41. The molecule has 0 unspecified atom stereocenters. The summed E-state index contributed by atoms with van der Waals surface area (Å²) in [6.45, 7) is 8.05. The summed E-state index contributed by atoms with van der Waals surface area (Å²) in [5, 5.41) is 0. The summed E-state index contributed by atoms with van der Waals surface area (Å²) in [6.07, 6.45) is -0.424. The van der Waals surface area contributed by atoms with Gasteiger partial charge in [0.15, 0.2) is 9.84 Å². The minimum absolute atomic E-state index is 0.00253. The molecule has 0 N–H and O–H groups in total. The van der Waals surface area contributed by atoms with Crippen LogP contribution in [0, 0.1) is 11.8 Å². The fraction of sp³-hybridized carbons (Fsp3) is 0.714. The number of alkyl halides is 3. The van der Waals surface area contributed by atoms with Gasteiger partial charge in [0.05, 0.1) is 21.9 Å². The van der Waals surface area contributed by atoms with Crippen molar-refractivity contribution in [2.24, 2.45) is 11.8 Å². The fourth-order valence-corrected chi connectivity index (χ4v) is 5.24. The van der Waals surface area contributed by atoms with Crippen molar-refractivity contribution >= 4 is 15.5 Å². The normalized spacial score (nSPS) is 20.9. The van der Waals surface area contributed by atoms with E-state index < -0.39 is 21.6 Å². The molecule has 0 radical (unpaired) electrons. The summed E-state index contributed by atoms with van der Waals surface area (Å²) in [5.74, 6) is 1.13. The Morgan fingerprint density at radius 1 is 1.03 bits per heavy atom. The predicted octanol–water partition coefficient (Wildman–Crippen LogP) is 4.45. The van der Waals surface area contributed by atoms with Gasteiger partial charge in [0.1, 0.15) is 0 Å². The number of nitrogens with zero attached hydrogens (tertiary/aromatic N) is 2. The van der Waals surface area contributed by atoms with Crippen LogP contribution in [0.4, 0.5) is 18.9 Å². The highest BCUT2D eigenvalue weighted by atomic mass is 32.2. The van der Waals surface area contributed by atoms with Crippen LogP contribution in [-0.2, 0) is 16.0 Å². The summed E-state index contributed by atoms with van der Waals surface area (Å²) in [4.78, 5) is 4.16. The van der Waals surface area contributed by atoms with Crippen LogP contribution in [0.1, 0.15) is 45.1 Å². The van der Waals surface area contributed by atoms with Crippen LogP contribution in [0.25, 0.3) is 0 Å². The van der Waals surface area contributed by atoms with Gasteiger partial charge in [0, 0.05) is 19.6 Å². The van der Waals surface area contributed by atoms with Crippen LogP contribution in [0.5, 0.6) is 0 Å².